The minimum absolute atomic E-state index is 0.387. The van der Waals surface area contributed by atoms with E-state index in [1.807, 2.05) is 0 Å². The fraction of sp³-hybridized carbons (Fsp3) is 0.556. The molecular weight excluding hydrogens is 154 g/mol. The molecule has 0 radical (unpaired) electrons. The Morgan fingerprint density at radius 3 is 2.75 bits per heavy atom. The van der Waals surface area contributed by atoms with Crippen molar-refractivity contribution in [3.05, 3.63) is 23.1 Å². The summed E-state index contributed by atoms with van der Waals surface area (Å²) in [4.78, 5) is 13.5. The molecule has 0 aliphatic rings. The van der Waals surface area contributed by atoms with Crippen LogP contribution < -0.4 is 0 Å². The molecule has 0 rings (SSSR count). The van der Waals surface area contributed by atoms with Crippen molar-refractivity contribution in [3.8, 4) is 0 Å². The normalized spacial score (nSPS) is 10.8. The summed E-state index contributed by atoms with van der Waals surface area (Å²) in [6.07, 6.45) is 4.21. The Morgan fingerprint density at radius 2 is 2.25 bits per heavy atom. The molecule has 0 spiro atoms. The number of rotatable bonds is 5. The largest absolute Gasteiger partial charge is 0.478 e. The maximum atomic E-state index is 10.3. The Balaban J connectivity index is 3.48. The molecule has 0 bridgehead atoms. The van der Waals surface area contributed by atoms with Gasteiger partial charge in [0.2, 0.25) is 6.54 Å². The van der Waals surface area contributed by atoms with E-state index < -0.39 is 5.97 Å². The Bertz CT molecular complexity index is 213. The Labute approximate surface area is 72.5 Å². The van der Waals surface area contributed by atoms with Crippen molar-refractivity contribution in [1.82, 2.24) is 0 Å². The molecule has 0 fully saturated rings. The molecule has 0 saturated heterocycles. The monoisotopic (exact) mass is 167 g/mol. The predicted molar refractivity (Wildman–Crippen MR) is 46.7 cm³/mol. The molecule has 3 heteroatoms. The standard InChI is InChI=1S/C9H13NO2/c1-8(9(11)12)6-4-3-5-7-10-2/h6H,3-5,7H2,1H3,(H,11,12)/b8-6+. The molecule has 1 N–H and O–H groups in total. The van der Waals surface area contributed by atoms with E-state index in [-0.39, 0.29) is 0 Å². The minimum atomic E-state index is -0.861. The molecule has 3 nitrogen and oxygen atoms in total. The van der Waals surface area contributed by atoms with Crippen molar-refractivity contribution in [1.29, 1.82) is 0 Å². The Hall–Kier alpha value is -1.30. The third-order valence-corrected chi connectivity index (χ3v) is 1.51. The first-order valence-corrected chi connectivity index (χ1v) is 3.91. The van der Waals surface area contributed by atoms with Gasteiger partial charge in [0, 0.05) is 12.0 Å². The number of hydrogen-bond donors (Lipinski definition) is 1. The van der Waals surface area contributed by atoms with Crippen molar-refractivity contribution in [3.63, 3.8) is 0 Å². The van der Waals surface area contributed by atoms with Crippen LogP contribution in [0.1, 0.15) is 26.2 Å². The Kier molecular flexibility index (Phi) is 5.72. The van der Waals surface area contributed by atoms with Gasteiger partial charge in [-0.25, -0.2) is 11.4 Å². The van der Waals surface area contributed by atoms with Gasteiger partial charge in [0.15, 0.2) is 0 Å². The van der Waals surface area contributed by atoms with E-state index in [0.717, 1.165) is 19.3 Å². The summed E-state index contributed by atoms with van der Waals surface area (Å²) in [6, 6.07) is 0. The number of hydrogen-bond acceptors (Lipinski definition) is 1. The van der Waals surface area contributed by atoms with E-state index >= 15 is 0 Å². The second-order valence-corrected chi connectivity index (χ2v) is 2.57. The number of unbranched alkanes of at least 4 members (excludes halogenated alkanes) is 2. The van der Waals surface area contributed by atoms with E-state index in [9.17, 15) is 4.79 Å². The van der Waals surface area contributed by atoms with E-state index in [2.05, 4.69) is 4.85 Å². The molecule has 0 aliphatic heterocycles. The molecule has 0 aromatic heterocycles. The molecule has 0 saturated carbocycles. The highest BCUT2D eigenvalue weighted by Gasteiger charge is 1.97. The third kappa shape index (κ3) is 5.48. The molecule has 0 unspecified atom stereocenters. The van der Waals surface area contributed by atoms with Gasteiger partial charge in [-0.2, -0.15) is 0 Å². The van der Waals surface area contributed by atoms with E-state index in [1.54, 1.807) is 13.0 Å². The van der Waals surface area contributed by atoms with Gasteiger partial charge in [0.1, 0.15) is 0 Å². The maximum Gasteiger partial charge on any atom is 0.330 e. The van der Waals surface area contributed by atoms with E-state index in [1.165, 1.54) is 0 Å². The highest BCUT2D eigenvalue weighted by atomic mass is 16.4. The predicted octanol–water partition coefficient (Wildman–Crippen LogP) is 2.11. The molecule has 0 aromatic carbocycles. The zero-order valence-electron chi connectivity index (χ0n) is 7.21. The van der Waals surface area contributed by atoms with E-state index in [0.29, 0.717) is 12.1 Å². The van der Waals surface area contributed by atoms with Crippen LogP contribution in [0.5, 0.6) is 0 Å². The van der Waals surface area contributed by atoms with Crippen LogP contribution in [0.4, 0.5) is 0 Å². The van der Waals surface area contributed by atoms with E-state index in [4.69, 9.17) is 11.7 Å². The summed E-state index contributed by atoms with van der Waals surface area (Å²) in [5, 5.41) is 8.47. The number of carbonyl (C=O) groups is 1. The molecule has 12 heavy (non-hydrogen) atoms. The van der Waals surface area contributed by atoms with Crippen LogP contribution >= 0.6 is 0 Å². The van der Waals surface area contributed by atoms with Gasteiger partial charge in [0.05, 0.1) is 0 Å². The fourth-order valence-electron chi connectivity index (χ4n) is 0.741. The maximum absolute atomic E-state index is 10.3. The number of allylic oxidation sites excluding steroid dienone is 1. The number of aliphatic carboxylic acids is 1. The number of nitrogens with zero attached hydrogens (tertiary/aromatic N) is 1. The SMILES string of the molecule is [C-]#[N+]CCCC/C=C(\C)C(=O)O. The van der Waals surface area contributed by atoms with Crippen LogP contribution in [0.25, 0.3) is 4.85 Å². The smallest absolute Gasteiger partial charge is 0.330 e. The lowest BCUT2D eigenvalue weighted by Crippen LogP contribution is -1.95. The lowest BCUT2D eigenvalue weighted by atomic mass is 10.2. The van der Waals surface area contributed by atoms with Gasteiger partial charge in [-0.15, -0.1) is 0 Å². The zero-order valence-corrected chi connectivity index (χ0v) is 7.21. The summed E-state index contributed by atoms with van der Waals surface area (Å²) in [6.45, 7) is 8.63. The van der Waals surface area contributed by atoms with Crippen LogP contribution in [-0.2, 0) is 4.79 Å². The first kappa shape index (κ1) is 10.7. The van der Waals surface area contributed by atoms with Gasteiger partial charge in [-0.3, -0.25) is 0 Å². The highest BCUT2D eigenvalue weighted by molar-refractivity contribution is 5.85. The van der Waals surface area contributed by atoms with Crippen LogP contribution in [0, 0.1) is 6.57 Å². The third-order valence-electron chi connectivity index (χ3n) is 1.51. The number of carboxylic acids is 1. The minimum Gasteiger partial charge on any atom is -0.478 e. The van der Waals surface area contributed by atoms with Crippen LogP contribution in [-0.4, -0.2) is 17.6 Å². The summed E-state index contributed by atoms with van der Waals surface area (Å²) in [5.41, 5.74) is 0.387. The lowest BCUT2D eigenvalue weighted by molar-refractivity contribution is -0.132. The van der Waals surface area contributed by atoms with Crippen molar-refractivity contribution in [2.45, 2.75) is 26.2 Å². The average molecular weight is 167 g/mol. The molecule has 0 amide bonds. The van der Waals surface area contributed by atoms with Gasteiger partial charge in [-0.1, -0.05) is 6.08 Å². The van der Waals surface area contributed by atoms with Crippen LogP contribution in [0.15, 0.2) is 11.6 Å². The second-order valence-electron chi connectivity index (χ2n) is 2.57. The quantitative estimate of drug-likeness (QED) is 0.387. The first-order chi connectivity index (χ1) is 5.68. The van der Waals surface area contributed by atoms with Crippen LogP contribution in [0.2, 0.25) is 0 Å². The van der Waals surface area contributed by atoms with Crippen molar-refractivity contribution in [2.24, 2.45) is 0 Å². The fourth-order valence-corrected chi connectivity index (χ4v) is 0.741. The summed E-state index contributed by atoms with van der Waals surface area (Å²) < 4.78 is 0. The van der Waals surface area contributed by atoms with Crippen molar-refractivity contribution < 1.29 is 9.90 Å². The first-order valence-electron chi connectivity index (χ1n) is 3.91. The summed E-state index contributed by atoms with van der Waals surface area (Å²) >= 11 is 0. The molecule has 0 heterocycles. The van der Waals surface area contributed by atoms with Crippen LogP contribution in [0.3, 0.4) is 0 Å². The second kappa shape index (κ2) is 6.41. The lowest BCUT2D eigenvalue weighted by Gasteiger charge is -1.92. The zero-order chi connectivity index (χ0) is 9.40. The van der Waals surface area contributed by atoms with Gasteiger partial charge >= 0.3 is 5.97 Å². The molecule has 0 aliphatic carbocycles. The molecule has 0 atom stereocenters. The summed E-state index contributed by atoms with van der Waals surface area (Å²) in [7, 11) is 0. The van der Waals surface area contributed by atoms with Crippen molar-refractivity contribution in [2.75, 3.05) is 6.54 Å². The average Bonchev–Trinajstić information content (AvgIpc) is 2.03. The highest BCUT2D eigenvalue weighted by Crippen LogP contribution is 2.01. The van der Waals surface area contributed by atoms with Gasteiger partial charge in [0.25, 0.3) is 0 Å². The van der Waals surface area contributed by atoms with Gasteiger partial charge < -0.3 is 9.95 Å². The number of carboxylic acid groups (broad SMARTS) is 1. The van der Waals surface area contributed by atoms with Crippen molar-refractivity contribution >= 4 is 5.97 Å². The summed E-state index contributed by atoms with van der Waals surface area (Å²) in [5.74, 6) is -0.861. The Morgan fingerprint density at radius 1 is 1.58 bits per heavy atom. The molecule has 0 aromatic rings. The topological polar surface area (TPSA) is 41.7 Å². The van der Waals surface area contributed by atoms with Gasteiger partial charge in [-0.05, 0) is 19.8 Å². The molecule has 66 valence electrons. The molecular formula is C9H13NO2.